The van der Waals surface area contributed by atoms with Gasteiger partial charge in [0.1, 0.15) is 72.2 Å². The summed E-state index contributed by atoms with van der Waals surface area (Å²) in [6.45, 7) is -0.867. The lowest BCUT2D eigenvalue weighted by atomic mass is 10.0. The molecule has 111 heavy (non-hydrogen) atoms. The molecule has 7 aromatic rings. The molecule has 0 saturated carbocycles. The first kappa shape index (κ1) is 86.3. The Hall–Kier alpha value is -11.9. The molecule has 0 fully saturated rings. The smallest absolute Gasteiger partial charge is 0.303 e. The molecule has 39 heteroatoms. The minimum absolute atomic E-state index is 0.176. The maximum atomic E-state index is 15.2. The highest BCUT2D eigenvalue weighted by atomic mass is 32.1. The molecule has 0 saturated heterocycles. The van der Waals surface area contributed by atoms with Crippen LogP contribution in [0.25, 0.3) is 21.8 Å². The molecule has 37 nitrogen and oxygen atoms in total. The van der Waals surface area contributed by atoms with Crippen molar-refractivity contribution in [2.24, 2.45) is 11.5 Å². The Balaban J connectivity index is 1.15. The summed E-state index contributed by atoms with van der Waals surface area (Å²) in [5.41, 5.74) is 14.3. The Morgan fingerprint density at radius 2 is 0.811 bits per heavy atom. The molecule has 0 aliphatic rings. The number of nitrogens with one attached hydrogen (secondary N) is 14. The second kappa shape index (κ2) is 42.2. The number of imidazole rings is 1. The van der Waals surface area contributed by atoms with Crippen LogP contribution in [0.4, 0.5) is 0 Å². The first-order chi connectivity index (χ1) is 53.0. The van der Waals surface area contributed by atoms with Gasteiger partial charge in [0, 0.05) is 103 Å². The van der Waals surface area contributed by atoms with Crippen LogP contribution >= 0.6 is 25.3 Å². The number of hydrogen-bond donors (Lipinski definition) is 24. The number of carbonyl (C=O) groups is 14. The number of carbonyl (C=O) groups excluding carboxylic acids is 12. The van der Waals surface area contributed by atoms with E-state index in [0.29, 0.717) is 44.1 Å². The van der Waals surface area contributed by atoms with Crippen LogP contribution in [0, 0.1) is 0 Å². The molecule has 3 heterocycles. The fourth-order valence-corrected chi connectivity index (χ4v) is 12.0. The Morgan fingerprint density at radius 1 is 0.432 bits per heavy atom. The number of nitrogens with two attached hydrogens (primary N) is 2. The summed E-state index contributed by atoms with van der Waals surface area (Å²) in [4.78, 5) is 206. The van der Waals surface area contributed by atoms with Gasteiger partial charge in [0.2, 0.25) is 70.9 Å². The summed E-state index contributed by atoms with van der Waals surface area (Å²) >= 11 is 8.32. The predicted molar refractivity (Wildman–Crippen MR) is 404 cm³/mol. The van der Waals surface area contributed by atoms with Crippen LogP contribution in [0.1, 0.15) is 60.6 Å². The SMILES string of the molecule is C[C@@H](O)[C@H](NC(=O)[C@H](CCC(=O)O)NC(=O)[C@@H](N)CS)C(=O)N[C@@H](Cc1c[nH]c2ccccc12)C(=O)N[C@@H](CCC(=O)O)C(=O)N[C@@H](CS)C(=O)N[C@@H](Cc1ccc(O)cc1)C(=O)N[C@@H](Cc1c[nH]c2ccccc12)C(=O)N[C@@H](Cc1cnc[nH]1)C(=O)N[C@@H](CO)C(=O)N[C@@H](Cc1ccccc1)C(=O)N[C@@H](CO)C(N)=O. The first-order valence-electron chi connectivity index (χ1n) is 34.8. The van der Waals surface area contributed by atoms with Gasteiger partial charge in [0.15, 0.2) is 0 Å². The van der Waals surface area contributed by atoms with Crippen molar-refractivity contribution < 1.29 is 97.8 Å². The van der Waals surface area contributed by atoms with Crippen molar-refractivity contribution in [2.75, 3.05) is 24.7 Å². The van der Waals surface area contributed by atoms with Gasteiger partial charge in [0.05, 0.1) is 31.7 Å². The molecule has 3 aromatic heterocycles. The van der Waals surface area contributed by atoms with Crippen molar-refractivity contribution in [3.05, 3.63) is 156 Å². The van der Waals surface area contributed by atoms with Gasteiger partial charge in [-0.2, -0.15) is 25.3 Å². The molecule has 0 bridgehead atoms. The molecule has 594 valence electrons. The van der Waals surface area contributed by atoms with Crippen molar-refractivity contribution in [3.8, 4) is 5.75 Å². The number of thiol groups is 2. The summed E-state index contributed by atoms with van der Waals surface area (Å²) in [5, 5.41) is 89.0. The number of nitrogens with zero attached hydrogens (tertiary/aromatic N) is 1. The highest BCUT2D eigenvalue weighted by Crippen LogP contribution is 2.22. The molecule has 4 aromatic carbocycles. The Labute approximate surface area is 644 Å². The van der Waals surface area contributed by atoms with Gasteiger partial charge in [-0.25, -0.2) is 4.98 Å². The van der Waals surface area contributed by atoms with E-state index in [1.807, 2.05) is 0 Å². The molecule has 12 amide bonds. The van der Waals surface area contributed by atoms with Crippen LogP contribution < -0.4 is 70.0 Å². The number of aromatic amines is 3. The van der Waals surface area contributed by atoms with E-state index in [-0.39, 0.29) is 42.9 Å². The second-order valence-corrected chi connectivity index (χ2v) is 26.6. The van der Waals surface area contributed by atoms with Crippen LogP contribution in [-0.2, 0) is 99.2 Å². The zero-order valence-corrected chi connectivity index (χ0v) is 61.5. The van der Waals surface area contributed by atoms with E-state index >= 15 is 9.59 Å². The molecular weight excluding hydrogens is 1490 g/mol. The lowest BCUT2D eigenvalue weighted by Crippen LogP contribution is -2.62. The second-order valence-electron chi connectivity index (χ2n) is 25.9. The van der Waals surface area contributed by atoms with Crippen molar-refractivity contribution >= 4 is 130 Å². The summed E-state index contributed by atoms with van der Waals surface area (Å²) in [6.07, 6.45) is -0.330. The van der Waals surface area contributed by atoms with Crippen LogP contribution in [0.5, 0.6) is 5.75 Å². The molecular formula is C72H89N17O20S2. The lowest BCUT2D eigenvalue weighted by Gasteiger charge is -2.28. The van der Waals surface area contributed by atoms with Crippen LogP contribution in [0.3, 0.4) is 0 Å². The van der Waals surface area contributed by atoms with Gasteiger partial charge in [0.25, 0.3) is 0 Å². The van der Waals surface area contributed by atoms with Gasteiger partial charge in [-0.15, -0.1) is 0 Å². The molecule has 24 N–H and O–H groups in total. The largest absolute Gasteiger partial charge is 0.508 e. The number of phenols is 1. The third-order valence-corrected chi connectivity index (χ3v) is 18.4. The molecule has 0 spiro atoms. The van der Waals surface area contributed by atoms with Crippen molar-refractivity contribution in [1.29, 1.82) is 0 Å². The summed E-state index contributed by atoms with van der Waals surface area (Å²) in [7, 11) is 0. The number of primary amides is 1. The van der Waals surface area contributed by atoms with Crippen molar-refractivity contribution in [1.82, 2.24) is 78.4 Å². The average molecular weight is 1580 g/mol. The standard InChI is InChI=1S/C72H89N17O20S2/c1-36(92)60(89-64(101)49(20-22-59(96)97)79-62(99)45(73)33-110)72(109)85-53(26-40-29-77-47-14-8-6-12-44(40)47)67(104)80-48(19-21-58(94)95)63(100)88-57(34-111)71(108)82-51(24-38-15-17-42(93)18-16-38)65(102)83-52(25-39-28-76-46-13-7-5-11-43(39)46)68(105)84-54(27-41-30-75-35-78-41)69(106)87-56(32-91)70(107)81-50(23-37-9-3-2-4-10-37)66(103)86-55(31-90)61(74)98/h2-18,28-30,35-36,45,48-57,60,76-77,90-93,110-111H,19-27,31-34,73H2,1H3,(H2,74,98)(H,75,78)(H,79,99)(H,80,104)(H,81,107)(H,82,108)(H,83,102)(H,84,105)(H,85,109)(H,86,103)(H,87,106)(H,88,100)(H,89,101)(H,94,95)(H,96,97)/t36-,45+,48+,49+,50+,51+,52+,53+,54+,55+,56+,57+,60+/m1/s1. The van der Waals surface area contributed by atoms with Crippen LogP contribution in [-0.4, -0.2) is 237 Å². The molecule has 0 radical (unpaired) electrons. The van der Waals surface area contributed by atoms with Crippen molar-refractivity contribution in [3.63, 3.8) is 0 Å². The topological polar surface area (TPSA) is 605 Å². The number of carboxylic acid groups (broad SMARTS) is 2. The van der Waals surface area contributed by atoms with E-state index < -0.39 is 213 Å². The molecule has 7 rings (SSSR count). The number of aromatic hydroxyl groups is 1. The molecule has 0 aliphatic carbocycles. The minimum Gasteiger partial charge on any atom is -0.508 e. The van der Waals surface area contributed by atoms with E-state index in [4.69, 9.17) is 11.5 Å². The van der Waals surface area contributed by atoms with Gasteiger partial charge in [-0.1, -0.05) is 78.9 Å². The monoisotopic (exact) mass is 1580 g/mol. The van der Waals surface area contributed by atoms with E-state index in [2.05, 4.69) is 104 Å². The Kier molecular flexibility index (Phi) is 32.8. The van der Waals surface area contributed by atoms with Crippen LogP contribution in [0.2, 0.25) is 0 Å². The normalized spacial score (nSPS) is 14.7. The highest BCUT2D eigenvalue weighted by Gasteiger charge is 2.39. The first-order valence-corrected chi connectivity index (χ1v) is 36.1. The fourth-order valence-electron chi connectivity index (χ4n) is 11.5. The third-order valence-electron chi connectivity index (χ3n) is 17.6. The van der Waals surface area contributed by atoms with Crippen LogP contribution in [0.15, 0.2) is 128 Å². The summed E-state index contributed by atoms with van der Waals surface area (Å²) in [5.74, 6) is -16.8. The van der Waals surface area contributed by atoms with E-state index in [0.717, 1.165) is 6.92 Å². The number of aliphatic hydroxyl groups is 3. The number of phenolic OH excluding ortho intramolecular Hbond substituents is 1. The number of para-hydroxylation sites is 2. The van der Waals surface area contributed by atoms with E-state index in [9.17, 15) is 88.2 Å². The number of benzene rings is 4. The Bertz CT molecular complexity index is 4410. The minimum atomic E-state index is -1.92. The Morgan fingerprint density at radius 3 is 1.25 bits per heavy atom. The number of aliphatic carboxylic acids is 2. The number of aromatic nitrogens is 4. The summed E-state index contributed by atoms with van der Waals surface area (Å²) < 4.78 is 0. The number of H-pyrrole nitrogens is 3. The molecule has 0 aliphatic heterocycles. The van der Waals surface area contributed by atoms with Gasteiger partial charge in [-0.05, 0) is 66.3 Å². The van der Waals surface area contributed by atoms with E-state index in [1.54, 1.807) is 85.1 Å². The predicted octanol–water partition coefficient (Wildman–Crippen LogP) is -4.31. The number of fused-ring (bicyclic) bond motifs is 2. The maximum Gasteiger partial charge on any atom is 0.303 e. The third kappa shape index (κ3) is 25.9. The number of rotatable bonds is 44. The molecule has 0 unspecified atom stereocenters. The quantitative estimate of drug-likeness (QED) is 0.0161. The molecule has 13 atom stereocenters. The zero-order chi connectivity index (χ0) is 81.0. The fraction of sp³-hybridized carbons (Fsp3) is 0.375. The van der Waals surface area contributed by atoms with Gasteiger partial charge < -0.3 is 116 Å². The number of aliphatic hydroxyl groups excluding tert-OH is 3. The number of carboxylic acids is 2. The summed E-state index contributed by atoms with van der Waals surface area (Å²) in [6, 6.07) is 7.31. The number of hydrogen-bond acceptors (Lipinski definition) is 22. The van der Waals surface area contributed by atoms with Gasteiger partial charge in [-0.3, -0.25) is 67.1 Å². The maximum absolute atomic E-state index is 15.2. The lowest BCUT2D eigenvalue weighted by molar-refractivity contribution is -0.139. The van der Waals surface area contributed by atoms with Gasteiger partial charge >= 0.3 is 11.9 Å². The highest BCUT2D eigenvalue weighted by molar-refractivity contribution is 7.80. The number of amides is 12. The van der Waals surface area contributed by atoms with E-state index in [1.165, 1.54) is 43.0 Å². The average Bonchev–Trinajstić information content (AvgIpc) is 1.73. The zero-order valence-electron chi connectivity index (χ0n) is 59.7. The van der Waals surface area contributed by atoms with Crippen molar-refractivity contribution in [2.45, 2.75) is 143 Å².